The molecule has 0 saturated carbocycles. The number of aryl methyl sites for hydroxylation is 1. The van der Waals surface area contributed by atoms with E-state index < -0.39 is 17.3 Å². The molecule has 0 aliphatic rings. The summed E-state index contributed by atoms with van der Waals surface area (Å²) in [6, 6.07) is 8.33. The van der Waals surface area contributed by atoms with Crippen LogP contribution in [0.5, 0.6) is 11.5 Å². The molecule has 0 radical (unpaired) electrons. The Kier molecular flexibility index (Phi) is 3.95. The SMILES string of the molecule is Cc1cc([N+](=O)[O-])ccc1Oc1cccc(F)c1CO. The average molecular weight is 277 g/mol. The Bertz CT molecular complexity index is 658. The first-order chi connectivity index (χ1) is 9.52. The lowest BCUT2D eigenvalue weighted by Gasteiger charge is -2.12. The Morgan fingerprint density at radius 3 is 2.65 bits per heavy atom. The van der Waals surface area contributed by atoms with Crippen LogP contribution in [0.25, 0.3) is 0 Å². The molecule has 0 spiro atoms. The predicted molar refractivity (Wildman–Crippen MR) is 70.2 cm³/mol. The third kappa shape index (κ3) is 2.75. The standard InChI is InChI=1S/C14H12FNO4/c1-9-7-10(16(18)19)5-6-13(9)20-14-4-2-3-12(15)11(14)8-17/h2-7,17H,8H2,1H3. The zero-order valence-electron chi connectivity index (χ0n) is 10.7. The molecule has 6 heteroatoms. The highest BCUT2D eigenvalue weighted by molar-refractivity contribution is 5.46. The minimum atomic E-state index is -0.565. The van der Waals surface area contributed by atoms with E-state index in [1.54, 1.807) is 6.92 Å². The lowest BCUT2D eigenvalue weighted by atomic mass is 10.1. The van der Waals surface area contributed by atoms with E-state index in [0.29, 0.717) is 11.3 Å². The number of hydrogen-bond acceptors (Lipinski definition) is 4. The maximum atomic E-state index is 13.5. The second-order valence-corrected chi connectivity index (χ2v) is 4.18. The zero-order chi connectivity index (χ0) is 14.7. The molecule has 0 fully saturated rings. The Morgan fingerprint density at radius 2 is 2.05 bits per heavy atom. The summed E-state index contributed by atoms with van der Waals surface area (Å²) in [6.45, 7) is 1.16. The van der Waals surface area contributed by atoms with Crippen LogP contribution in [-0.2, 0) is 6.61 Å². The molecule has 0 bridgehead atoms. The van der Waals surface area contributed by atoms with Crippen LogP contribution < -0.4 is 4.74 Å². The van der Waals surface area contributed by atoms with Crippen LogP contribution >= 0.6 is 0 Å². The van der Waals surface area contributed by atoms with Gasteiger partial charge in [0.2, 0.25) is 0 Å². The fourth-order valence-electron chi connectivity index (χ4n) is 1.77. The number of halogens is 1. The minimum Gasteiger partial charge on any atom is -0.457 e. The van der Waals surface area contributed by atoms with Crippen molar-refractivity contribution in [3.63, 3.8) is 0 Å². The molecule has 0 aliphatic carbocycles. The Labute approximate surface area is 114 Å². The van der Waals surface area contributed by atoms with Gasteiger partial charge in [-0.2, -0.15) is 0 Å². The van der Waals surface area contributed by atoms with Crippen LogP contribution in [0.1, 0.15) is 11.1 Å². The number of non-ortho nitro benzene ring substituents is 1. The third-order valence-corrected chi connectivity index (χ3v) is 2.82. The van der Waals surface area contributed by atoms with E-state index in [1.807, 2.05) is 0 Å². The summed E-state index contributed by atoms with van der Waals surface area (Å²) in [5, 5.41) is 19.8. The molecule has 104 valence electrons. The second-order valence-electron chi connectivity index (χ2n) is 4.18. The van der Waals surface area contributed by atoms with Gasteiger partial charge < -0.3 is 9.84 Å². The number of nitrogens with zero attached hydrogens (tertiary/aromatic N) is 1. The number of rotatable bonds is 4. The van der Waals surface area contributed by atoms with Gasteiger partial charge in [0.15, 0.2) is 0 Å². The van der Waals surface area contributed by atoms with Crippen LogP contribution in [-0.4, -0.2) is 10.0 Å². The van der Waals surface area contributed by atoms with Gasteiger partial charge in [0, 0.05) is 12.1 Å². The smallest absolute Gasteiger partial charge is 0.269 e. The summed E-state index contributed by atoms with van der Waals surface area (Å²) in [6.07, 6.45) is 0. The Balaban J connectivity index is 2.36. The lowest BCUT2D eigenvalue weighted by molar-refractivity contribution is -0.384. The maximum Gasteiger partial charge on any atom is 0.269 e. The van der Waals surface area contributed by atoms with E-state index in [1.165, 1.54) is 36.4 Å². The van der Waals surface area contributed by atoms with Crippen molar-refractivity contribution < 1.29 is 19.2 Å². The van der Waals surface area contributed by atoms with Crippen molar-refractivity contribution in [2.24, 2.45) is 0 Å². The van der Waals surface area contributed by atoms with Crippen molar-refractivity contribution in [3.8, 4) is 11.5 Å². The van der Waals surface area contributed by atoms with E-state index in [-0.39, 0.29) is 17.0 Å². The lowest BCUT2D eigenvalue weighted by Crippen LogP contribution is -1.97. The molecular formula is C14H12FNO4. The highest BCUT2D eigenvalue weighted by Gasteiger charge is 2.13. The fourth-order valence-corrected chi connectivity index (χ4v) is 1.77. The normalized spacial score (nSPS) is 10.3. The molecule has 0 heterocycles. The molecule has 0 unspecified atom stereocenters. The molecular weight excluding hydrogens is 265 g/mol. The van der Waals surface area contributed by atoms with Crippen molar-refractivity contribution in [3.05, 3.63) is 63.5 Å². The van der Waals surface area contributed by atoms with Gasteiger partial charge >= 0.3 is 0 Å². The monoisotopic (exact) mass is 277 g/mol. The molecule has 2 rings (SSSR count). The van der Waals surface area contributed by atoms with E-state index >= 15 is 0 Å². The summed E-state index contributed by atoms with van der Waals surface area (Å²) < 4.78 is 19.0. The number of nitro groups is 1. The highest BCUT2D eigenvalue weighted by atomic mass is 19.1. The first kappa shape index (κ1) is 14.0. The Hall–Kier alpha value is -2.47. The van der Waals surface area contributed by atoms with Crippen molar-refractivity contribution in [2.75, 3.05) is 0 Å². The molecule has 1 N–H and O–H groups in total. The molecule has 0 aliphatic heterocycles. The van der Waals surface area contributed by atoms with Crippen molar-refractivity contribution in [1.82, 2.24) is 0 Å². The van der Waals surface area contributed by atoms with Gasteiger partial charge in [-0.05, 0) is 30.7 Å². The molecule has 20 heavy (non-hydrogen) atoms. The molecule has 5 nitrogen and oxygen atoms in total. The Morgan fingerprint density at radius 1 is 1.30 bits per heavy atom. The van der Waals surface area contributed by atoms with Crippen LogP contribution in [0.4, 0.5) is 10.1 Å². The molecule has 0 amide bonds. The van der Waals surface area contributed by atoms with Gasteiger partial charge in [-0.1, -0.05) is 6.07 Å². The van der Waals surface area contributed by atoms with Gasteiger partial charge in [0.25, 0.3) is 5.69 Å². The van der Waals surface area contributed by atoms with E-state index in [0.717, 1.165) is 0 Å². The summed E-state index contributed by atoms with van der Waals surface area (Å²) in [5.74, 6) is -0.00934. The molecule has 0 saturated heterocycles. The summed E-state index contributed by atoms with van der Waals surface area (Å²) in [7, 11) is 0. The summed E-state index contributed by atoms with van der Waals surface area (Å²) in [5.41, 5.74) is 0.550. The van der Waals surface area contributed by atoms with E-state index in [4.69, 9.17) is 9.84 Å². The van der Waals surface area contributed by atoms with Gasteiger partial charge in [-0.15, -0.1) is 0 Å². The largest absolute Gasteiger partial charge is 0.457 e. The van der Waals surface area contributed by atoms with Gasteiger partial charge in [0.05, 0.1) is 17.1 Å². The molecule has 0 atom stereocenters. The highest BCUT2D eigenvalue weighted by Crippen LogP contribution is 2.31. The number of benzene rings is 2. The van der Waals surface area contributed by atoms with Crippen LogP contribution in [0.15, 0.2) is 36.4 Å². The summed E-state index contributed by atoms with van der Waals surface area (Å²) in [4.78, 5) is 10.1. The van der Waals surface area contributed by atoms with Crippen molar-refractivity contribution in [2.45, 2.75) is 13.5 Å². The van der Waals surface area contributed by atoms with Gasteiger partial charge in [-0.25, -0.2) is 4.39 Å². The van der Waals surface area contributed by atoms with Gasteiger partial charge in [0.1, 0.15) is 17.3 Å². The average Bonchev–Trinajstić information content (AvgIpc) is 2.41. The number of aliphatic hydroxyl groups is 1. The molecule has 2 aromatic carbocycles. The van der Waals surface area contributed by atoms with Crippen molar-refractivity contribution >= 4 is 5.69 Å². The van der Waals surface area contributed by atoms with E-state index in [2.05, 4.69) is 0 Å². The summed E-state index contributed by atoms with van der Waals surface area (Å²) >= 11 is 0. The number of aliphatic hydroxyl groups excluding tert-OH is 1. The quantitative estimate of drug-likeness (QED) is 0.687. The van der Waals surface area contributed by atoms with Crippen LogP contribution in [0.3, 0.4) is 0 Å². The van der Waals surface area contributed by atoms with Crippen LogP contribution in [0, 0.1) is 22.9 Å². The van der Waals surface area contributed by atoms with E-state index in [9.17, 15) is 14.5 Å². The van der Waals surface area contributed by atoms with Gasteiger partial charge in [-0.3, -0.25) is 10.1 Å². The minimum absolute atomic E-state index is 0.0449. The molecule has 0 aromatic heterocycles. The van der Waals surface area contributed by atoms with Crippen LogP contribution in [0.2, 0.25) is 0 Å². The second kappa shape index (κ2) is 5.66. The molecule has 2 aromatic rings. The zero-order valence-corrected chi connectivity index (χ0v) is 10.7. The maximum absolute atomic E-state index is 13.5. The topological polar surface area (TPSA) is 72.6 Å². The first-order valence-corrected chi connectivity index (χ1v) is 5.84. The third-order valence-electron chi connectivity index (χ3n) is 2.82. The number of ether oxygens (including phenoxy) is 1. The fraction of sp³-hybridized carbons (Fsp3) is 0.143. The predicted octanol–water partition coefficient (Wildman–Crippen LogP) is 3.33. The number of hydrogen-bond donors (Lipinski definition) is 1. The van der Waals surface area contributed by atoms with Crippen molar-refractivity contribution in [1.29, 1.82) is 0 Å². The number of nitro benzene ring substituents is 1. The first-order valence-electron chi connectivity index (χ1n) is 5.84.